The van der Waals surface area contributed by atoms with Crippen LogP contribution in [0.3, 0.4) is 0 Å². The van der Waals surface area contributed by atoms with E-state index in [-0.39, 0.29) is 11.9 Å². The lowest BCUT2D eigenvalue weighted by atomic mass is 9.73. The van der Waals surface area contributed by atoms with Gasteiger partial charge in [-0.1, -0.05) is 11.6 Å². The molecule has 2 aliphatic heterocycles. The summed E-state index contributed by atoms with van der Waals surface area (Å²) in [6.07, 6.45) is 6.48. The lowest BCUT2D eigenvalue weighted by Crippen LogP contribution is -2.47. The van der Waals surface area contributed by atoms with E-state index < -0.39 is 11.0 Å². The predicted octanol–water partition coefficient (Wildman–Crippen LogP) is 3.54. The number of carbonyl (C=O) groups excluding carboxylic acids is 1. The molecule has 2 N–H and O–H groups in total. The molecule has 1 spiro atoms. The molecule has 178 valence electrons. The molecule has 1 saturated heterocycles. The van der Waals surface area contributed by atoms with Gasteiger partial charge in [-0.15, -0.1) is 0 Å². The van der Waals surface area contributed by atoms with Crippen LogP contribution in [0.4, 0.5) is 5.69 Å². The summed E-state index contributed by atoms with van der Waals surface area (Å²) in [6, 6.07) is 7.82. The predicted molar refractivity (Wildman–Crippen MR) is 129 cm³/mol. The topological polar surface area (TPSA) is 92.5 Å². The number of nitrogens with zero attached hydrogens (tertiary/aromatic N) is 4. The van der Waals surface area contributed by atoms with Crippen LogP contribution < -0.4 is 10.1 Å². The number of carbonyl (C=O) groups is 1. The Balaban J connectivity index is 1.04. The Morgan fingerprint density at radius 2 is 2.03 bits per heavy atom. The zero-order valence-electron chi connectivity index (χ0n) is 19.1. The van der Waals surface area contributed by atoms with Gasteiger partial charge < -0.3 is 15.2 Å². The lowest BCUT2D eigenvalue weighted by Gasteiger charge is -2.40. The van der Waals surface area contributed by atoms with E-state index >= 15 is 0 Å². The zero-order chi connectivity index (χ0) is 23.5. The first-order valence-electron chi connectivity index (χ1n) is 11.9. The highest BCUT2D eigenvalue weighted by Gasteiger charge is 2.48. The maximum Gasteiger partial charge on any atom is 0.235 e. The van der Waals surface area contributed by atoms with E-state index in [4.69, 9.17) is 16.3 Å². The number of likely N-dealkylation sites (tertiary alicyclic amines) is 1. The second-order valence-corrected chi connectivity index (χ2v) is 10.6. The number of fused-ring (bicyclic) bond motifs is 3. The number of anilines is 1. The van der Waals surface area contributed by atoms with E-state index in [2.05, 4.69) is 20.3 Å². The summed E-state index contributed by atoms with van der Waals surface area (Å²) in [5.74, 6) is 0.811. The van der Waals surface area contributed by atoms with Crippen LogP contribution in [0.1, 0.15) is 44.2 Å². The van der Waals surface area contributed by atoms with Gasteiger partial charge in [-0.2, -0.15) is 5.10 Å². The molecule has 1 aliphatic carbocycles. The van der Waals surface area contributed by atoms with Crippen molar-refractivity contribution in [2.45, 2.75) is 49.7 Å². The molecule has 4 heterocycles. The van der Waals surface area contributed by atoms with Crippen molar-refractivity contribution in [2.75, 3.05) is 31.6 Å². The Bertz CT molecular complexity index is 1260. The summed E-state index contributed by atoms with van der Waals surface area (Å²) < 4.78 is 7.90. The Labute approximate surface area is 202 Å². The largest absolute Gasteiger partial charge is 0.491 e. The molecule has 6 rings (SSSR count). The van der Waals surface area contributed by atoms with E-state index in [1.807, 2.05) is 42.1 Å². The molecule has 2 aromatic heterocycles. The average molecular weight is 482 g/mol. The molecule has 2 fully saturated rings. The Morgan fingerprint density at radius 3 is 2.79 bits per heavy atom. The molecule has 34 heavy (non-hydrogen) atoms. The second kappa shape index (κ2) is 7.93. The molecule has 3 aliphatic rings. The van der Waals surface area contributed by atoms with Crippen LogP contribution in [0.15, 0.2) is 36.7 Å². The van der Waals surface area contributed by atoms with Crippen molar-refractivity contribution in [2.24, 2.45) is 0 Å². The molecule has 9 heteroatoms. The number of pyridine rings is 1. The number of hydrogen-bond acceptors (Lipinski definition) is 6. The summed E-state index contributed by atoms with van der Waals surface area (Å²) in [4.78, 5) is 19.7. The summed E-state index contributed by atoms with van der Waals surface area (Å²) in [7, 11) is 0. The van der Waals surface area contributed by atoms with Gasteiger partial charge in [-0.3, -0.25) is 9.69 Å². The minimum absolute atomic E-state index is 0.0890. The number of ether oxygens (including phenoxy) is 1. The van der Waals surface area contributed by atoms with Gasteiger partial charge >= 0.3 is 0 Å². The highest BCUT2D eigenvalue weighted by molar-refractivity contribution is 6.31. The minimum atomic E-state index is -0.599. The van der Waals surface area contributed by atoms with Crippen LogP contribution in [0, 0.1) is 0 Å². The van der Waals surface area contributed by atoms with Gasteiger partial charge in [0.25, 0.3) is 0 Å². The van der Waals surface area contributed by atoms with Gasteiger partial charge in [-0.05, 0) is 75.5 Å². The van der Waals surface area contributed by atoms with Crippen LogP contribution in [0.25, 0.3) is 11.0 Å². The SMILES string of the molecule is CC1(O)CC(n2ncc3cc(OCCN4CCC5(CC4)C(=O)Nc4ccc(Cl)cc45)cnc32)C1. The molecule has 1 amide bonds. The minimum Gasteiger partial charge on any atom is -0.491 e. The molecular formula is C25H28ClN5O3. The number of piperidine rings is 1. The molecule has 8 nitrogen and oxygen atoms in total. The number of benzene rings is 1. The van der Waals surface area contributed by atoms with E-state index in [0.717, 1.165) is 60.5 Å². The molecular weight excluding hydrogens is 454 g/mol. The summed E-state index contributed by atoms with van der Waals surface area (Å²) in [6.45, 7) is 4.85. The van der Waals surface area contributed by atoms with Gasteiger partial charge in [-0.25, -0.2) is 9.67 Å². The molecule has 0 unspecified atom stereocenters. The van der Waals surface area contributed by atoms with Crippen molar-refractivity contribution in [3.8, 4) is 5.75 Å². The van der Waals surface area contributed by atoms with Crippen LogP contribution in [0.5, 0.6) is 5.75 Å². The number of rotatable bonds is 5. The van der Waals surface area contributed by atoms with E-state index in [1.165, 1.54) is 0 Å². The van der Waals surface area contributed by atoms with E-state index in [0.29, 0.717) is 24.5 Å². The normalized spacial score (nSPS) is 25.9. The fourth-order valence-corrected chi connectivity index (χ4v) is 5.90. The molecule has 1 saturated carbocycles. The van der Waals surface area contributed by atoms with E-state index in [9.17, 15) is 9.90 Å². The standard InChI is InChI=1S/C25H28ClN5O3/c1-24(33)12-18(13-24)31-22-16(14-28-31)10-19(15-27-22)34-9-8-30-6-4-25(5-7-30)20-11-17(26)2-3-21(20)29-23(25)32/h2-3,10-11,14-15,18,33H,4-9,12-13H2,1H3,(H,29,32). The molecule has 0 bridgehead atoms. The Hall–Kier alpha value is -2.68. The highest BCUT2D eigenvalue weighted by atomic mass is 35.5. The van der Waals surface area contributed by atoms with Crippen LogP contribution in [-0.4, -0.2) is 62.5 Å². The van der Waals surface area contributed by atoms with Crippen molar-refractivity contribution in [1.82, 2.24) is 19.7 Å². The highest BCUT2D eigenvalue weighted by Crippen LogP contribution is 2.46. The maximum atomic E-state index is 12.8. The van der Waals surface area contributed by atoms with Crippen molar-refractivity contribution in [1.29, 1.82) is 0 Å². The molecule has 3 aromatic rings. The van der Waals surface area contributed by atoms with Gasteiger partial charge in [0, 0.05) is 22.6 Å². The molecule has 1 aromatic carbocycles. The van der Waals surface area contributed by atoms with Crippen molar-refractivity contribution in [3.05, 3.63) is 47.2 Å². The van der Waals surface area contributed by atoms with Gasteiger partial charge in [0.05, 0.1) is 29.5 Å². The number of amides is 1. The molecule has 0 atom stereocenters. The quantitative estimate of drug-likeness (QED) is 0.579. The third kappa shape index (κ3) is 3.65. The summed E-state index contributed by atoms with van der Waals surface area (Å²) in [5.41, 5.74) is 1.68. The van der Waals surface area contributed by atoms with Gasteiger partial charge in [0.15, 0.2) is 5.65 Å². The van der Waals surface area contributed by atoms with Crippen LogP contribution >= 0.6 is 11.6 Å². The first kappa shape index (κ1) is 21.8. The van der Waals surface area contributed by atoms with Crippen molar-refractivity contribution < 1.29 is 14.6 Å². The monoisotopic (exact) mass is 481 g/mol. The second-order valence-electron chi connectivity index (χ2n) is 10.1. The number of aliphatic hydroxyl groups is 1. The van der Waals surface area contributed by atoms with Crippen LogP contribution in [0.2, 0.25) is 5.02 Å². The number of aromatic nitrogens is 3. The summed E-state index contributed by atoms with van der Waals surface area (Å²) >= 11 is 6.22. The Kier molecular flexibility index (Phi) is 5.09. The smallest absolute Gasteiger partial charge is 0.235 e. The summed E-state index contributed by atoms with van der Waals surface area (Å²) in [5, 5.41) is 19.1. The first-order valence-corrected chi connectivity index (χ1v) is 12.2. The first-order chi connectivity index (χ1) is 16.3. The Morgan fingerprint density at radius 1 is 1.24 bits per heavy atom. The number of hydrogen-bond donors (Lipinski definition) is 2. The zero-order valence-corrected chi connectivity index (χ0v) is 19.9. The number of halogens is 1. The van der Waals surface area contributed by atoms with E-state index in [1.54, 1.807) is 6.20 Å². The molecule has 0 radical (unpaired) electrons. The van der Waals surface area contributed by atoms with Crippen LogP contribution in [-0.2, 0) is 10.2 Å². The van der Waals surface area contributed by atoms with Crippen molar-refractivity contribution in [3.63, 3.8) is 0 Å². The third-order valence-electron chi connectivity index (χ3n) is 7.67. The van der Waals surface area contributed by atoms with Crippen molar-refractivity contribution >= 4 is 34.2 Å². The third-order valence-corrected chi connectivity index (χ3v) is 7.91. The van der Waals surface area contributed by atoms with Gasteiger partial charge in [0.2, 0.25) is 5.91 Å². The average Bonchev–Trinajstić information content (AvgIpc) is 3.32. The number of nitrogens with one attached hydrogen (secondary N) is 1. The lowest BCUT2D eigenvalue weighted by molar-refractivity contribution is -0.122. The maximum absolute atomic E-state index is 12.8. The fraction of sp³-hybridized carbons (Fsp3) is 0.480. The van der Waals surface area contributed by atoms with Gasteiger partial charge in [0.1, 0.15) is 12.4 Å². The fourth-order valence-electron chi connectivity index (χ4n) is 5.73.